The molecule has 0 aromatic heterocycles. The first-order chi connectivity index (χ1) is 10.1. The summed E-state index contributed by atoms with van der Waals surface area (Å²) in [4.78, 5) is 12.8. The highest BCUT2D eigenvalue weighted by molar-refractivity contribution is 5.85. The van der Waals surface area contributed by atoms with Crippen LogP contribution >= 0.6 is 0 Å². The first-order valence-electron chi connectivity index (χ1n) is 6.90. The predicted molar refractivity (Wildman–Crippen MR) is 80.0 cm³/mol. The molecule has 1 fully saturated rings. The van der Waals surface area contributed by atoms with Crippen molar-refractivity contribution in [2.45, 2.75) is 18.8 Å². The van der Waals surface area contributed by atoms with E-state index >= 15 is 0 Å². The number of methoxy groups -OCH3 is 2. The number of benzene rings is 1. The minimum absolute atomic E-state index is 0.102. The molecule has 1 heterocycles. The van der Waals surface area contributed by atoms with E-state index in [0.717, 1.165) is 36.8 Å². The van der Waals surface area contributed by atoms with Crippen molar-refractivity contribution in [2.75, 3.05) is 27.3 Å². The van der Waals surface area contributed by atoms with E-state index in [1.807, 2.05) is 24.3 Å². The Bertz CT molecular complexity index is 503. The Hall–Kier alpha value is -1.69. The van der Waals surface area contributed by atoms with Gasteiger partial charge in [-0.05, 0) is 17.2 Å². The largest absolute Gasteiger partial charge is 0.478 e. The van der Waals surface area contributed by atoms with E-state index in [-0.39, 0.29) is 12.2 Å². The van der Waals surface area contributed by atoms with Crippen LogP contribution in [0.2, 0.25) is 0 Å². The maximum atomic E-state index is 10.6. The number of rotatable bonds is 6. The number of aliphatic carboxylic acids is 1. The van der Waals surface area contributed by atoms with Gasteiger partial charge in [0, 0.05) is 39.9 Å². The fourth-order valence-corrected chi connectivity index (χ4v) is 2.62. The topological polar surface area (TPSA) is 59.0 Å². The molecule has 0 bridgehead atoms. The fourth-order valence-electron chi connectivity index (χ4n) is 2.62. The molecular formula is C16H21NO4. The molecule has 0 radical (unpaired) electrons. The van der Waals surface area contributed by atoms with Gasteiger partial charge in [-0.3, -0.25) is 4.90 Å². The van der Waals surface area contributed by atoms with Crippen LogP contribution in [0.4, 0.5) is 0 Å². The summed E-state index contributed by atoms with van der Waals surface area (Å²) in [5.41, 5.74) is 2.04. The van der Waals surface area contributed by atoms with Gasteiger partial charge in [-0.1, -0.05) is 24.3 Å². The number of carbonyl (C=O) groups is 1. The van der Waals surface area contributed by atoms with E-state index in [0.29, 0.717) is 0 Å². The third-order valence-electron chi connectivity index (χ3n) is 3.67. The van der Waals surface area contributed by atoms with Crippen LogP contribution in [0, 0.1) is 0 Å². The molecule has 114 valence electrons. The lowest BCUT2D eigenvalue weighted by atomic mass is 10.1. The van der Waals surface area contributed by atoms with Crippen LogP contribution in [-0.4, -0.2) is 55.5 Å². The van der Waals surface area contributed by atoms with E-state index in [1.165, 1.54) is 0 Å². The fraction of sp³-hybridized carbons (Fsp3) is 0.438. The van der Waals surface area contributed by atoms with E-state index in [9.17, 15) is 4.79 Å². The first kappa shape index (κ1) is 15.7. The zero-order chi connectivity index (χ0) is 15.2. The van der Waals surface area contributed by atoms with Crippen molar-refractivity contribution in [2.24, 2.45) is 0 Å². The molecule has 0 spiro atoms. The van der Waals surface area contributed by atoms with Crippen LogP contribution in [0.1, 0.15) is 11.1 Å². The molecule has 0 saturated carbocycles. The van der Waals surface area contributed by atoms with Crippen LogP contribution in [-0.2, 0) is 20.8 Å². The van der Waals surface area contributed by atoms with Gasteiger partial charge < -0.3 is 14.6 Å². The highest BCUT2D eigenvalue weighted by atomic mass is 16.5. The van der Waals surface area contributed by atoms with E-state index in [4.69, 9.17) is 14.6 Å². The molecule has 1 aromatic rings. The Labute approximate surface area is 124 Å². The molecule has 1 aliphatic rings. The number of carboxylic acid groups (broad SMARTS) is 1. The van der Waals surface area contributed by atoms with Crippen molar-refractivity contribution in [3.8, 4) is 0 Å². The number of carboxylic acids is 1. The quantitative estimate of drug-likeness (QED) is 0.807. The van der Waals surface area contributed by atoms with Gasteiger partial charge in [-0.2, -0.15) is 0 Å². The van der Waals surface area contributed by atoms with E-state index < -0.39 is 5.97 Å². The normalized spacial score (nSPS) is 23.0. The summed E-state index contributed by atoms with van der Waals surface area (Å²) in [7, 11) is 3.41. The van der Waals surface area contributed by atoms with Gasteiger partial charge in [0.25, 0.3) is 0 Å². The average Bonchev–Trinajstić information content (AvgIpc) is 2.87. The minimum Gasteiger partial charge on any atom is -0.478 e. The number of nitrogens with zero attached hydrogens (tertiary/aromatic N) is 1. The van der Waals surface area contributed by atoms with Gasteiger partial charge in [0.1, 0.15) is 0 Å². The highest BCUT2D eigenvalue weighted by Crippen LogP contribution is 2.19. The Morgan fingerprint density at radius 3 is 2.57 bits per heavy atom. The molecule has 1 N–H and O–H groups in total. The van der Waals surface area contributed by atoms with Gasteiger partial charge >= 0.3 is 5.97 Å². The van der Waals surface area contributed by atoms with Crippen molar-refractivity contribution in [1.82, 2.24) is 4.90 Å². The third-order valence-corrected chi connectivity index (χ3v) is 3.67. The molecule has 2 atom stereocenters. The lowest BCUT2D eigenvalue weighted by molar-refractivity contribution is -0.131. The zero-order valence-corrected chi connectivity index (χ0v) is 12.4. The molecule has 1 aromatic carbocycles. The van der Waals surface area contributed by atoms with Crippen molar-refractivity contribution in [3.05, 3.63) is 41.5 Å². The van der Waals surface area contributed by atoms with Crippen molar-refractivity contribution in [3.63, 3.8) is 0 Å². The first-order valence-corrected chi connectivity index (χ1v) is 6.90. The second-order valence-corrected chi connectivity index (χ2v) is 5.16. The summed E-state index contributed by atoms with van der Waals surface area (Å²) in [6.45, 7) is 2.48. The van der Waals surface area contributed by atoms with Crippen LogP contribution in [0.25, 0.3) is 6.08 Å². The Kier molecular flexibility index (Phi) is 5.50. The molecule has 0 amide bonds. The lowest BCUT2D eigenvalue weighted by Gasteiger charge is -2.15. The summed E-state index contributed by atoms with van der Waals surface area (Å²) in [5.74, 6) is -0.939. The zero-order valence-electron chi connectivity index (χ0n) is 12.4. The van der Waals surface area contributed by atoms with Crippen molar-refractivity contribution < 1.29 is 19.4 Å². The van der Waals surface area contributed by atoms with E-state index in [1.54, 1.807) is 20.3 Å². The molecule has 0 aliphatic carbocycles. The van der Waals surface area contributed by atoms with Gasteiger partial charge in [0.2, 0.25) is 0 Å². The average molecular weight is 291 g/mol. The summed E-state index contributed by atoms with van der Waals surface area (Å²) in [5, 5.41) is 8.66. The number of hydrogen-bond donors (Lipinski definition) is 1. The molecule has 2 unspecified atom stereocenters. The summed E-state index contributed by atoms with van der Waals surface area (Å²) < 4.78 is 10.9. The van der Waals surface area contributed by atoms with Crippen molar-refractivity contribution >= 4 is 12.0 Å². The second kappa shape index (κ2) is 7.36. The minimum atomic E-state index is -0.939. The molecule has 5 nitrogen and oxygen atoms in total. The monoisotopic (exact) mass is 291 g/mol. The van der Waals surface area contributed by atoms with Crippen molar-refractivity contribution in [1.29, 1.82) is 0 Å². The smallest absolute Gasteiger partial charge is 0.328 e. The predicted octanol–water partition coefficient (Wildman–Crippen LogP) is 1.63. The molecule has 2 rings (SSSR count). The van der Waals surface area contributed by atoms with Crippen LogP contribution < -0.4 is 0 Å². The maximum absolute atomic E-state index is 10.6. The highest BCUT2D eigenvalue weighted by Gasteiger charge is 2.32. The number of ether oxygens (including phenoxy) is 2. The van der Waals surface area contributed by atoms with Crippen LogP contribution in [0.5, 0.6) is 0 Å². The third kappa shape index (κ3) is 4.39. The Balaban J connectivity index is 2.00. The summed E-state index contributed by atoms with van der Waals surface area (Å²) >= 11 is 0. The Morgan fingerprint density at radius 1 is 1.33 bits per heavy atom. The standard InChI is InChI=1S/C16H21NO4/c1-20-14-10-17(11-15(14)21-2)9-13-5-3-4-12(8-13)6-7-16(18)19/h3-8,14-15H,9-11H2,1-2H3,(H,18,19)/b7-6+. The number of likely N-dealkylation sites (tertiary alicyclic amines) is 1. The van der Waals surface area contributed by atoms with Gasteiger partial charge in [0.05, 0.1) is 12.2 Å². The molecule has 1 aliphatic heterocycles. The molecule has 5 heteroatoms. The van der Waals surface area contributed by atoms with Gasteiger partial charge in [0.15, 0.2) is 0 Å². The molecule has 21 heavy (non-hydrogen) atoms. The maximum Gasteiger partial charge on any atom is 0.328 e. The summed E-state index contributed by atoms with van der Waals surface area (Å²) in [6.07, 6.45) is 2.96. The van der Waals surface area contributed by atoms with Gasteiger partial charge in [-0.25, -0.2) is 4.79 Å². The number of hydrogen-bond acceptors (Lipinski definition) is 4. The molecular weight excluding hydrogens is 270 g/mol. The molecule has 1 saturated heterocycles. The van der Waals surface area contributed by atoms with Crippen LogP contribution in [0.15, 0.2) is 30.3 Å². The lowest BCUT2D eigenvalue weighted by Crippen LogP contribution is -2.27. The SMILES string of the molecule is COC1CN(Cc2cccc(/C=C/C(=O)O)c2)CC1OC. The van der Waals surface area contributed by atoms with Gasteiger partial charge in [-0.15, -0.1) is 0 Å². The Morgan fingerprint density at radius 2 is 2.00 bits per heavy atom. The second-order valence-electron chi connectivity index (χ2n) is 5.16. The summed E-state index contributed by atoms with van der Waals surface area (Å²) in [6, 6.07) is 7.87. The van der Waals surface area contributed by atoms with Crippen LogP contribution in [0.3, 0.4) is 0 Å². The van der Waals surface area contributed by atoms with E-state index in [2.05, 4.69) is 4.90 Å².